The number of amides is 2. The van der Waals surface area contributed by atoms with Crippen LogP contribution >= 0.6 is 11.3 Å². The van der Waals surface area contributed by atoms with Gasteiger partial charge >= 0.3 is 0 Å². The van der Waals surface area contributed by atoms with E-state index >= 15 is 0 Å². The lowest BCUT2D eigenvalue weighted by molar-refractivity contribution is -0.114. The topological polar surface area (TPSA) is 71.1 Å². The van der Waals surface area contributed by atoms with E-state index in [1.807, 2.05) is 42.5 Å². The van der Waals surface area contributed by atoms with Crippen LogP contribution in [0, 0.1) is 11.8 Å². The lowest BCUT2D eigenvalue weighted by Gasteiger charge is -2.00. The van der Waals surface area contributed by atoms with E-state index in [1.54, 1.807) is 17.5 Å². The van der Waals surface area contributed by atoms with E-state index in [9.17, 15) is 9.59 Å². The fraction of sp³-hybridized carbons (Fsp3) is 0.0952. The number of carbonyl (C=O) groups excluding carboxylic acids is 2. The van der Waals surface area contributed by atoms with Gasteiger partial charge in [-0.15, -0.1) is 11.3 Å². The molecule has 3 rings (SSSR count). The van der Waals surface area contributed by atoms with Crippen molar-refractivity contribution in [2.24, 2.45) is 0 Å². The van der Waals surface area contributed by atoms with Crippen molar-refractivity contribution in [1.29, 1.82) is 0 Å². The molecule has 0 saturated carbocycles. The van der Waals surface area contributed by atoms with Crippen molar-refractivity contribution in [1.82, 2.24) is 10.3 Å². The second-order valence-corrected chi connectivity index (χ2v) is 6.51. The fourth-order valence-electron chi connectivity index (χ4n) is 2.29. The molecule has 0 bridgehead atoms. The summed E-state index contributed by atoms with van der Waals surface area (Å²) < 4.78 is 0. The molecular formula is C21H17N3O2S. The standard InChI is InChI=1S/C21H17N3O2S/c1-15(25)23-18-11-9-16(10-12-18)6-5-13-22-20(26)19-14-27-21(24-19)17-7-3-2-4-8-17/h2-4,7-12,14H,13H2,1H3,(H,22,26)(H,23,25). The Morgan fingerprint density at radius 2 is 1.81 bits per heavy atom. The molecule has 0 aliphatic carbocycles. The summed E-state index contributed by atoms with van der Waals surface area (Å²) in [6, 6.07) is 16.9. The number of nitrogens with zero attached hydrogens (tertiary/aromatic N) is 1. The Morgan fingerprint density at radius 1 is 1.07 bits per heavy atom. The Labute approximate surface area is 161 Å². The van der Waals surface area contributed by atoms with Gasteiger partial charge in [-0.1, -0.05) is 42.2 Å². The highest BCUT2D eigenvalue weighted by Gasteiger charge is 2.10. The Bertz CT molecular complexity index is 999. The molecule has 0 aliphatic heterocycles. The molecule has 0 spiro atoms. The Morgan fingerprint density at radius 3 is 2.52 bits per heavy atom. The average molecular weight is 375 g/mol. The SMILES string of the molecule is CC(=O)Nc1ccc(C#CCNC(=O)c2csc(-c3ccccc3)n2)cc1. The van der Waals surface area contributed by atoms with E-state index in [1.165, 1.54) is 18.3 Å². The molecule has 0 aliphatic rings. The quantitative estimate of drug-likeness (QED) is 0.685. The smallest absolute Gasteiger partial charge is 0.271 e. The molecule has 1 aromatic heterocycles. The van der Waals surface area contributed by atoms with Gasteiger partial charge in [0.05, 0.1) is 6.54 Å². The molecule has 2 amide bonds. The minimum Gasteiger partial charge on any atom is -0.340 e. The van der Waals surface area contributed by atoms with E-state index in [-0.39, 0.29) is 18.4 Å². The van der Waals surface area contributed by atoms with Gasteiger partial charge in [0.25, 0.3) is 5.91 Å². The maximum atomic E-state index is 12.2. The first-order valence-corrected chi connectivity index (χ1v) is 9.15. The number of benzene rings is 2. The van der Waals surface area contributed by atoms with Crippen LogP contribution in [-0.2, 0) is 4.79 Å². The molecule has 27 heavy (non-hydrogen) atoms. The van der Waals surface area contributed by atoms with Gasteiger partial charge in [-0.05, 0) is 24.3 Å². The molecule has 134 valence electrons. The number of hydrogen-bond acceptors (Lipinski definition) is 4. The van der Waals surface area contributed by atoms with Crippen molar-refractivity contribution < 1.29 is 9.59 Å². The number of aromatic nitrogens is 1. The summed E-state index contributed by atoms with van der Waals surface area (Å²) in [7, 11) is 0. The normalized spacial score (nSPS) is 9.81. The summed E-state index contributed by atoms with van der Waals surface area (Å²) >= 11 is 1.43. The maximum Gasteiger partial charge on any atom is 0.271 e. The van der Waals surface area contributed by atoms with Crippen LogP contribution in [0.2, 0.25) is 0 Å². The molecule has 2 aromatic carbocycles. The average Bonchev–Trinajstić information content (AvgIpc) is 3.17. The van der Waals surface area contributed by atoms with Crippen molar-refractivity contribution in [2.45, 2.75) is 6.92 Å². The summed E-state index contributed by atoms with van der Waals surface area (Å²) in [6.45, 7) is 1.69. The largest absolute Gasteiger partial charge is 0.340 e. The molecule has 0 saturated heterocycles. The highest BCUT2D eigenvalue weighted by atomic mass is 32.1. The molecule has 0 fully saturated rings. The predicted molar refractivity (Wildman–Crippen MR) is 108 cm³/mol. The monoisotopic (exact) mass is 375 g/mol. The van der Waals surface area contributed by atoms with E-state index in [4.69, 9.17) is 0 Å². The van der Waals surface area contributed by atoms with Crippen LogP contribution in [0.25, 0.3) is 10.6 Å². The Hall–Kier alpha value is -3.43. The number of thiazole rings is 1. The zero-order valence-corrected chi connectivity index (χ0v) is 15.5. The summed E-state index contributed by atoms with van der Waals surface area (Å²) in [5.41, 5.74) is 2.90. The molecule has 5 nitrogen and oxygen atoms in total. The highest BCUT2D eigenvalue weighted by Crippen LogP contribution is 2.23. The fourth-order valence-corrected chi connectivity index (χ4v) is 3.10. The lowest BCUT2D eigenvalue weighted by Crippen LogP contribution is -2.23. The maximum absolute atomic E-state index is 12.2. The summed E-state index contributed by atoms with van der Waals surface area (Å²) in [5, 5.41) is 8.00. The van der Waals surface area contributed by atoms with Gasteiger partial charge in [-0.2, -0.15) is 0 Å². The van der Waals surface area contributed by atoms with Gasteiger partial charge in [0.15, 0.2) is 0 Å². The third kappa shape index (κ3) is 5.27. The molecule has 1 heterocycles. The van der Waals surface area contributed by atoms with Gasteiger partial charge in [-0.25, -0.2) is 4.98 Å². The van der Waals surface area contributed by atoms with Crippen molar-refractivity contribution >= 4 is 28.8 Å². The van der Waals surface area contributed by atoms with Crippen LogP contribution in [0.1, 0.15) is 23.0 Å². The summed E-state index contributed by atoms with van der Waals surface area (Å²) in [6.07, 6.45) is 0. The van der Waals surface area contributed by atoms with Crippen LogP contribution in [-0.4, -0.2) is 23.3 Å². The summed E-state index contributed by atoms with van der Waals surface area (Å²) in [4.78, 5) is 27.5. The second-order valence-electron chi connectivity index (χ2n) is 5.65. The lowest BCUT2D eigenvalue weighted by atomic mass is 10.2. The van der Waals surface area contributed by atoms with Gasteiger partial charge < -0.3 is 10.6 Å². The molecular weight excluding hydrogens is 358 g/mol. The molecule has 0 radical (unpaired) electrons. The number of carbonyl (C=O) groups is 2. The van der Waals surface area contributed by atoms with Crippen LogP contribution in [0.15, 0.2) is 60.0 Å². The molecule has 3 aromatic rings. The number of hydrogen-bond donors (Lipinski definition) is 2. The van der Waals surface area contributed by atoms with Crippen LogP contribution in [0.3, 0.4) is 0 Å². The van der Waals surface area contributed by atoms with E-state index in [2.05, 4.69) is 27.5 Å². The summed E-state index contributed by atoms with van der Waals surface area (Å²) in [5.74, 6) is 5.51. The molecule has 6 heteroatoms. The van der Waals surface area contributed by atoms with Gasteiger partial charge in [0.1, 0.15) is 10.7 Å². The minimum atomic E-state index is -0.247. The van der Waals surface area contributed by atoms with Crippen molar-refractivity contribution in [3.63, 3.8) is 0 Å². The van der Waals surface area contributed by atoms with Crippen molar-refractivity contribution in [3.8, 4) is 22.4 Å². The van der Waals surface area contributed by atoms with Crippen molar-refractivity contribution in [3.05, 3.63) is 71.2 Å². The van der Waals surface area contributed by atoms with Gasteiger partial charge in [0, 0.05) is 29.1 Å². The zero-order chi connectivity index (χ0) is 19.1. The van der Waals surface area contributed by atoms with Crippen LogP contribution < -0.4 is 10.6 Å². The van der Waals surface area contributed by atoms with Crippen LogP contribution in [0.4, 0.5) is 5.69 Å². The third-order valence-electron chi connectivity index (χ3n) is 3.53. The predicted octanol–water partition coefficient (Wildman–Crippen LogP) is 3.55. The zero-order valence-electron chi connectivity index (χ0n) is 14.7. The molecule has 2 N–H and O–H groups in total. The molecule has 0 atom stereocenters. The van der Waals surface area contributed by atoms with E-state index in [0.717, 1.165) is 21.8 Å². The highest BCUT2D eigenvalue weighted by molar-refractivity contribution is 7.13. The first-order valence-electron chi connectivity index (χ1n) is 8.27. The Balaban J connectivity index is 1.54. The number of anilines is 1. The number of rotatable bonds is 4. The van der Waals surface area contributed by atoms with E-state index in [0.29, 0.717) is 5.69 Å². The first kappa shape index (κ1) is 18.4. The molecule has 0 unspecified atom stereocenters. The van der Waals surface area contributed by atoms with Gasteiger partial charge in [0.2, 0.25) is 5.91 Å². The first-order chi connectivity index (χ1) is 13.1. The Kier molecular flexibility index (Phi) is 5.98. The van der Waals surface area contributed by atoms with Crippen LogP contribution in [0.5, 0.6) is 0 Å². The van der Waals surface area contributed by atoms with Crippen molar-refractivity contribution in [2.75, 3.05) is 11.9 Å². The van der Waals surface area contributed by atoms with E-state index < -0.39 is 0 Å². The number of nitrogens with one attached hydrogen (secondary N) is 2. The third-order valence-corrected chi connectivity index (χ3v) is 4.42. The van der Waals surface area contributed by atoms with Gasteiger partial charge in [-0.3, -0.25) is 9.59 Å². The second kappa shape index (κ2) is 8.79. The minimum absolute atomic E-state index is 0.117.